The SMILES string of the molecule is CNc1cc(N(C)C(C)C)nc(COC)n1. The van der Waals surface area contributed by atoms with Gasteiger partial charge in [-0.05, 0) is 13.8 Å². The van der Waals surface area contributed by atoms with Crippen molar-refractivity contribution in [3.8, 4) is 0 Å². The summed E-state index contributed by atoms with van der Waals surface area (Å²) in [7, 11) is 5.50. The number of nitrogens with zero attached hydrogens (tertiary/aromatic N) is 3. The second kappa shape index (κ2) is 5.65. The van der Waals surface area contributed by atoms with Crippen LogP contribution < -0.4 is 10.2 Å². The Morgan fingerprint density at radius 2 is 2.12 bits per heavy atom. The predicted molar refractivity (Wildman–Crippen MR) is 65.8 cm³/mol. The van der Waals surface area contributed by atoms with Crippen molar-refractivity contribution in [3.63, 3.8) is 0 Å². The van der Waals surface area contributed by atoms with Gasteiger partial charge in [-0.1, -0.05) is 0 Å². The maximum atomic E-state index is 5.05. The van der Waals surface area contributed by atoms with Crippen LogP contribution in [-0.4, -0.2) is 37.2 Å². The number of methoxy groups -OCH3 is 1. The van der Waals surface area contributed by atoms with Crippen LogP contribution in [0.4, 0.5) is 11.6 Å². The van der Waals surface area contributed by atoms with Crippen LogP contribution in [0.15, 0.2) is 6.07 Å². The van der Waals surface area contributed by atoms with Crippen molar-refractivity contribution in [3.05, 3.63) is 11.9 Å². The Balaban J connectivity index is 3.03. The normalized spacial score (nSPS) is 10.6. The van der Waals surface area contributed by atoms with Crippen LogP contribution in [-0.2, 0) is 11.3 Å². The summed E-state index contributed by atoms with van der Waals surface area (Å²) in [4.78, 5) is 10.9. The average molecular weight is 224 g/mol. The summed E-state index contributed by atoms with van der Waals surface area (Å²) in [5.74, 6) is 2.41. The van der Waals surface area contributed by atoms with Crippen molar-refractivity contribution >= 4 is 11.6 Å². The van der Waals surface area contributed by atoms with E-state index >= 15 is 0 Å². The average Bonchev–Trinajstić information content (AvgIpc) is 2.27. The Labute approximate surface area is 96.8 Å². The van der Waals surface area contributed by atoms with E-state index in [-0.39, 0.29) is 0 Å². The van der Waals surface area contributed by atoms with Crippen molar-refractivity contribution < 1.29 is 4.74 Å². The third-order valence-corrected chi connectivity index (χ3v) is 2.42. The summed E-state index contributed by atoms with van der Waals surface area (Å²) < 4.78 is 5.05. The first-order valence-corrected chi connectivity index (χ1v) is 5.36. The van der Waals surface area contributed by atoms with Gasteiger partial charge in [0.1, 0.15) is 18.2 Å². The maximum Gasteiger partial charge on any atom is 0.158 e. The highest BCUT2D eigenvalue weighted by Gasteiger charge is 2.10. The van der Waals surface area contributed by atoms with E-state index in [1.807, 2.05) is 20.2 Å². The second-order valence-electron chi connectivity index (χ2n) is 3.92. The van der Waals surface area contributed by atoms with Crippen molar-refractivity contribution in [1.29, 1.82) is 0 Å². The summed E-state index contributed by atoms with van der Waals surface area (Å²) >= 11 is 0. The third-order valence-electron chi connectivity index (χ3n) is 2.42. The zero-order valence-electron chi connectivity index (χ0n) is 10.6. The van der Waals surface area contributed by atoms with Crippen LogP contribution in [0.25, 0.3) is 0 Å². The molecule has 0 aromatic carbocycles. The predicted octanol–water partition coefficient (Wildman–Crippen LogP) is 1.51. The van der Waals surface area contributed by atoms with Gasteiger partial charge in [-0.15, -0.1) is 0 Å². The minimum atomic E-state index is 0.398. The Bertz CT molecular complexity index is 341. The Hall–Kier alpha value is -1.36. The summed E-state index contributed by atoms with van der Waals surface area (Å²) in [6, 6.07) is 2.33. The highest BCUT2D eigenvalue weighted by Crippen LogP contribution is 2.16. The van der Waals surface area contributed by atoms with Gasteiger partial charge in [-0.25, -0.2) is 9.97 Å². The molecule has 0 saturated carbocycles. The minimum absolute atomic E-state index is 0.398. The summed E-state index contributed by atoms with van der Waals surface area (Å²) in [5.41, 5.74) is 0. The fourth-order valence-electron chi connectivity index (χ4n) is 1.25. The molecule has 0 bridgehead atoms. The lowest BCUT2D eigenvalue weighted by atomic mass is 10.3. The van der Waals surface area contributed by atoms with E-state index in [0.717, 1.165) is 11.6 Å². The van der Waals surface area contributed by atoms with Gasteiger partial charge in [0.05, 0.1) is 0 Å². The van der Waals surface area contributed by atoms with Gasteiger partial charge in [-0.2, -0.15) is 0 Å². The lowest BCUT2D eigenvalue weighted by Crippen LogP contribution is -2.27. The monoisotopic (exact) mass is 224 g/mol. The van der Waals surface area contributed by atoms with Crippen molar-refractivity contribution in [2.24, 2.45) is 0 Å². The Morgan fingerprint density at radius 3 is 2.62 bits per heavy atom. The number of ether oxygens (including phenoxy) is 1. The number of hydrogen-bond acceptors (Lipinski definition) is 5. The molecule has 1 aromatic rings. The molecule has 90 valence electrons. The van der Waals surface area contributed by atoms with Gasteiger partial charge in [-0.3, -0.25) is 0 Å². The van der Waals surface area contributed by atoms with E-state index in [1.54, 1.807) is 7.11 Å². The molecule has 5 heteroatoms. The molecule has 0 amide bonds. The highest BCUT2D eigenvalue weighted by molar-refractivity contribution is 5.49. The van der Waals surface area contributed by atoms with Crippen LogP contribution in [0.2, 0.25) is 0 Å². The molecular formula is C11H20N4O. The van der Waals surface area contributed by atoms with Gasteiger partial charge in [0.25, 0.3) is 0 Å². The molecule has 1 heterocycles. The molecule has 5 nitrogen and oxygen atoms in total. The van der Waals surface area contributed by atoms with Gasteiger partial charge in [0, 0.05) is 33.3 Å². The van der Waals surface area contributed by atoms with Crippen molar-refractivity contribution in [1.82, 2.24) is 9.97 Å². The van der Waals surface area contributed by atoms with E-state index in [1.165, 1.54) is 0 Å². The molecule has 0 spiro atoms. The van der Waals surface area contributed by atoms with Crippen LogP contribution >= 0.6 is 0 Å². The van der Waals surface area contributed by atoms with Crippen LogP contribution in [0.5, 0.6) is 0 Å². The molecule has 0 aliphatic rings. The lowest BCUT2D eigenvalue weighted by molar-refractivity contribution is 0.178. The topological polar surface area (TPSA) is 50.3 Å². The van der Waals surface area contributed by atoms with Gasteiger partial charge < -0.3 is 15.0 Å². The Kier molecular flexibility index (Phi) is 4.49. The smallest absolute Gasteiger partial charge is 0.158 e. The molecule has 0 saturated heterocycles. The largest absolute Gasteiger partial charge is 0.377 e. The zero-order valence-corrected chi connectivity index (χ0v) is 10.6. The van der Waals surface area contributed by atoms with Gasteiger partial charge >= 0.3 is 0 Å². The van der Waals surface area contributed by atoms with Crippen molar-refractivity contribution in [2.45, 2.75) is 26.5 Å². The summed E-state index contributed by atoms with van der Waals surface area (Å²) in [6.45, 7) is 4.67. The van der Waals surface area contributed by atoms with Crippen molar-refractivity contribution in [2.75, 3.05) is 31.4 Å². The standard InChI is InChI=1S/C11H20N4O/c1-8(2)15(4)11-6-9(12-3)13-10(14-11)7-16-5/h6,8H,7H2,1-5H3,(H,12,13,14). The number of nitrogens with one attached hydrogen (secondary N) is 1. The molecule has 1 aromatic heterocycles. The molecule has 16 heavy (non-hydrogen) atoms. The van der Waals surface area contributed by atoms with E-state index in [9.17, 15) is 0 Å². The minimum Gasteiger partial charge on any atom is -0.377 e. The lowest BCUT2D eigenvalue weighted by Gasteiger charge is -2.23. The molecule has 0 atom stereocenters. The molecular weight excluding hydrogens is 204 g/mol. The van der Waals surface area contributed by atoms with Gasteiger partial charge in [0.2, 0.25) is 0 Å². The maximum absolute atomic E-state index is 5.05. The molecule has 0 aliphatic carbocycles. The van der Waals surface area contributed by atoms with Crippen LogP contribution in [0.3, 0.4) is 0 Å². The molecule has 0 fully saturated rings. The Morgan fingerprint density at radius 1 is 1.44 bits per heavy atom. The molecule has 1 rings (SSSR count). The summed E-state index contributed by atoms with van der Waals surface area (Å²) in [5, 5.41) is 3.03. The molecule has 0 unspecified atom stereocenters. The molecule has 1 N–H and O–H groups in total. The van der Waals surface area contributed by atoms with Crippen LogP contribution in [0.1, 0.15) is 19.7 Å². The number of hydrogen-bond donors (Lipinski definition) is 1. The van der Waals surface area contributed by atoms with Crippen LogP contribution in [0, 0.1) is 0 Å². The first-order valence-electron chi connectivity index (χ1n) is 5.36. The number of aromatic nitrogens is 2. The first kappa shape index (κ1) is 12.7. The molecule has 0 radical (unpaired) electrons. The van der Waals surface area contributed by atoms with E-state index in [4.69, 9.17) is 4.74 Å². The summed E-state index contributed by atoms with van der Waals surface area (Å²) in [6.07, 6.45) is 0. The quantitative estimate of drug-likeness (QED) is 0.821. The fourth-order valence-corrected chi connectivity index (χ4v) is 1.25. The fraction of sp³-hybridized carbons (Fsp3) is 0.636. The van der Waals surface area contributed by atoms with E-state index in [0.29, 0.717) is 18.5 Å². The van der Waals surface area contributed by atoms with Gasteiger partial charge in [0.15, 0.2) is 5.82 Å². The second-order valence-corrected chi connectivity index (χ2v) is 3.92. The van der Waals surface area contributed by atoms with E-state index < -0.39 is 0 Å². The number of anilines is 2. The number of rotatable bonds is 5. The van der Waals surface area contributed by atoms with E-state index in [2.05, 4.69) is 34.0 Å². The third kappa shape index (κ3) is 3.06. The first-order chi connectivity index (χ1) is 7.58. The highest BCUT2D eigenvalue weighted by atomic mass is 16.5. The molecule has 0 aliphatic heterocycles. The zero-order chi connectivity index (χ0) is 12.1.